The monoisotopic (exact) mass is 376 g/mol. The van der Waals surface area contributed by atoms with Crippen molar-refractivity contribution in [3.63, 3.8) is 0 Å². The van der Waals surface area contributed by atoms with E-state index < -0.39 is 23.1 Å². The Hall–Kier alpha value is -2.86. The Balaban J connectivity index is 2.59. The first-order chi connectivity index (χ1) is 12.1. The predicted molar refractivity (Wildman–Crippen MR) is 96.6 cm³/mol. The second-order valence-electron chi connectivity index (χ2n) is 6.23. The average molecular weight is 376 g/mol. The Morgan fingerprint density at radius 3 is 2.69 bits per heavy atom. The molecule has 0 radical (unpaired) electrons. The first-order valence-electron chi connectivity index (χ1n) is 7.53. The molecule has 2 aromatic rings. The lowest BCUT2D eigenvalue weighted by Gasteiger charge is -2.20. The third-order valence-electron chi connectivity index (χ3n) is 3.08. The minimum atomic E-state index is -0.751. The number of ether oxygens (including phenoxy) is 1. The summed E-state index contributed by atoms with van der Waals surface area (Å²) in [6.45, 7) is 5.11. The van der Waals surface area contributed by atoms with E-state index >= 15 is 0 Å². The molecule has 136 valence electrons. The minimum absolute atomic E-state index is 0.0221. The molecule has 0 bridgehead atoms. The van der Waals surface area contributed by atoms with E-state index in [2.05, 4.69) is 15.3 Å². The molecule has 0 aliphatic heterocycles. The number of H-pyrrole nitrogens is 1. The highest BCUT2D eigenvalue weighted by Crippen LogP contribution is 2.30. The molecule has 0 unspecified atom stereocenters. The van der Waals surface area contributed by atoms with Gasteiger partial charge in [-0.1, -0.05) is 11.8 Å². The van der Waals surface area contributed by atoms with Crippen LogP contribution >= 0.6 is 11.8 Å². The summed E-state index contributed by atoms with van der Waals surface area (Å²) in [5.41, 5.74) is -1.40. The molecule has 1 amide bonds. The van der Waals surface area contributed by atoms with Crippen molar-refractivity contribution < 1.29 is 13.9 Å². The number of carbonyl (C=O) groups excluding carboxylic acids is 1. The summed E-state index contributed by atoms with van der Waals surface area (Å²) >= 11 is 1.16. The Bertz CT molecular complexity index is 944. The number of halogens is 1. The lowest BCUT2D eigenvalue weighted by molar-refractivity contribution is 0.0636. The van der Waals surface area contributed by atoms with Crippen molar-refractivity contribution in [2.45, 2.75) is 31.5 Å². The molecule has 1 heterocycles. The molecule has 1 aromatic carbocycles. The van der Waals surface area contributed by atoms with Gasteiger partial charge < -0.3 is 9.72 Å². The number of rotatable bonds is 3. The third kappa shape index (κ3) is 4.61. The summed E-state index contributed by atoms with van der Waals surface area (Å²) in [4.78, 5) is 30.8. The normalized spacial score (nSPS) is 10.9. The van der Waals surface area contributed by atoms with Crippen molar-refractivity contribution in [1.29, 1.82) is 5.26 Å². The smallest absolute Gasteiger partial charge is 0.412 e. The summed E-state index contributed by atoms with van der Waals surface area (Å²) in [5, 5.41) is 12.1. The fourth-order valence-corrected chi connectivity index (χ4v) is 2.46. The van der Waals surface area contributed by atoms with Crippen molar-refractivity contribution in [3.05, 3.63) is 39.9 Å². The van der Waals surface area contributed by atoms with Crippen LogP contribution in [0.25, 0.3) is 11.3 Å². The van der Waals surface area contributed by atoms with E-state index in [-0.39, 0.29) is 27.7 Å². The number of aromatic nitrogens is 2. The van der Waals surface area contributed by atoms with Gasteiger partial charge in [-0.2, -0.15) is 5.26 Å². The van der Waals surface area contributed by atoms with Gasteiger partial charge in [0, 0.05) is 5.56 Å². The molecule has 0 saturated heterocycles. The molecule has 9 heteroatoms. The first-order valence-corrected chi connectivity index (χ1v) is 8.75. The van der Waals surface area contributed by atoms with E-state index in [1.54, 1.807) is 33.1 Å². The number of hydrogen-bond donors (Lipinski definition) is 2. The highest BCUT2D eigenvalue weighted by atomic mass is 32.2. The number of nitrogens with zero attached hydrogens (tertiary/aromatic N) is 2. The molecule has 0 atom stereocenters. The molecule has 0 spiro atoms. The fourth-order valence-electron chi connectivity index (χ4n) is 2.08. The van der Waals surface area contributed by atoms with E-state index in [0.29, 0.717) is 0 Å². The predicted octanol–water partition coefficient (Wildman–Crippen LogP) is 3.52. The minimum Gasteiger partial charge on any atom is -0.444 e. The number of nitrogens with one attached hydrogen (secondary N) is 2. The number of thioether (sulfide) groups is 1. The standard InChI is InChI=1S/C17H17FN4O3S/c1-17(2,3)25-16(24)20-12-6-5-9(18)7-10(12)13-11(8-19)14(23)22-15(21-13)26-4/h5-7H,1-4H3,(H,20,24)(H,21,22,23). The maximum atomic E-state index is 13.8. The van der Waals surface area contributed by atoms with Gasteiger partial charge in [0.2, 0.25) is 0 Å². The maximum Gasteiger partial charge on any atom is 0.412 e. The summed E-state index contributed by atoms with van der Waals surface area (Å²) in [5.74, 6) is -0.605. The van der Waals surface area contributed by atoms with Crippen molar-refractivity contribution in [2.24, 2.45) is 0 Å². The van der Waals surface area contributed by atoms with Crippen LogP contribution in [-0.2, 0) is 4.74 Å². The zero-order valence-corrected chi connectivity index (χ0v) is 15.5. The number of carbonyl (C=O) groups is 1. The van der Waals surface area contributed by atoms with E-state index in [1.807, 2.05) is 0 Å². The van der Waals surface area contributed by atoms with E-state index in [9.17, 15) is 19.2 Å². The van der Waals surface area contributed by atoms with E-state index in [0.717, 1.165) is 23.9 Å². The van der Waals surface area contributed by atoms with Crippen LogP contribution in [0.15, 0.2) is 28.2 Å². The molecule has 0 saturated carbocycles. The summed E-state index contributed by atoms with van der Waals surface area (Å²) in [7, 11) is 0. The van der Waals surface area contributed by atoms with Crippen molar-refractivity contribution in [2.75, 3.05) is 11.6 Å². The summed E-state index contributed by atoms with van der Waals surface area (Å²) in [6.07, 6.45) is 0.943. The molecule has 26 heavy (non-hydrogen) atoms. The van der Waals surface area contributed by atoms with Gasteiger partial charge in [0.15, 0.2) is 5.16 Å². The van der Waals surface area contributed by atoms with Gasteiger partial charge in [0.05, 0.1) is 11.4 Å². The second kappa shape index (κ2) is 7.58. The van der Waals surface area contributed by atoms with Gasteiger partial charge in [-0.25, -0.2) is 14.2 Å². The van der Waals surface area contributed by atoms with Crippen molar-refractivity contribution in [1.82, 2.24) is 9.97 Å². The number of benzene rings is 1. The number of aromatic amines is 1. The van der Waals surface area contributed by atoms with Crippen molar-refractivity contribution >= 4 is 23.5 Å². The Labute approximate surface area is 153 Å². The van der Waals surface area contributed by atoms with Gasteiger partial charge in [-0.15, -0.1) is 0 Å². The Morgan fingerprint density at radius 1 is 1.42 bits per heavy atom. The van der Waals surface area contributed by atoms with Crippen LogP contribution in [0, 0.1) is 17.1 Å². The van der Waals surface area contributed by atoms with Gasteiger partial charge >= 0.3 is 6.09 Å². The molecular formula is C17H17FN4O3S. The van der Waals surface area contributed by atoms with Gasteiger partial charge in [-0.05, 0) is 45.2 Å². The van der Waals surface area contributed by atoms with E-state index in [4.69, 9.17) is 4.74 Å². The number of anilines is 1. The van der Waals surface area contributed by atoms with Crippen LogP contribution in [0.1, 0.15) is 26.3 Å². The third-order valence-corrected chi connectivity index (χ3v) is 3.66. The molecule has 7 nitrogen and oxygen atoms in total. The molecular weight excluding hydrogens is 359 g/mol. The second-order valence-corrected chi connectivity index (χ2v) is 7.02. The van der Waals surface area contributed by atoms with Crippen LogP contribution in [0.3, 0.4) is 0 Å². The topological polar surface area (TPSA) is 108 Å². The lowest BCUT2D eigenvalue weighted by atomic mass is 10.1. The Morgan fingerprint density at radius 2 is 2.12 bits per heavy atom. The van der Waals surface area contributed by atoms with Crippen LogP contribution in [0.5, 0.6) is 0 Å². The van der Waals surface area contributed by atoms with Crippen LogP contribution < -0.4 is 10.9 Å². The zero-order valence-electron chi connectivity index (χ0n) is 14.6. The van der Waals surface area contributed by atoms with Crippen LogP contribution in [0.4, 0.5) is 14.9 Å². The van der Waals surface area contributed by atoms with Gasteiger partial charge in [0.1, 0.15) is 23.1 Å². The average Bonchev–Trinajstić information content (AvgIpc) is 2.54. The molecule has 2 N–H and O–H groups in total. The molecule has 0 fully saturated rings. The van der Waals surface area contributed by atoms with Gasteiger partial charge in [-0.3, -0.25) is 10.1 Å². The molecule has 0 aliphatic carbocycles. The summed E-state index contributed by atoms with van der Waals surface area (Å²) < 4.78 is 19.0. The first kappa shape index (κ1) is 19.5. The van der Waals surface area contributed by atoms with E-state index in [1.165, 1.54) is 6.07 Å². The molecule has 2 rings (SSSR count). The van der Waals surface area contributed by atoms with Crippen LogP contribution in [0.2, 0.25) is 0 Å². The van der Waals surface area contributed by atoms with Crippen LogP contribution in [-0.4, -0.2) is 27.9 Å². The Kier molecular flexibility index (Phi) is 5.67. The largest absolute Gasteiger partial charge is 0.444 e. The SMILES string of the molecule is CSc1nc(-c2cc(F)ccc2NC(=O)OC(C)(C)C)c(C#N)c(=O)[nH]1. The van der Waals surface area contributed by atoms with Crippen molar-refractivity contribution in [3.8, 4) is 17.3 Å². The molecule has 1 aromatic heterocycles. The highest BCUT2D eigenvalue weighted by Gasteiger charge is 2.21. The number of hydrogen-bond acceptors (Lipinski definition) is 6. The lowest BCUT2D eigenvalue weighted by Crippen LogP contribution is -2.27. The quantitative estimate of drug-likeness (QED) is 0.627. The number of nitriles is 1. The van der Waals surface area contributed by atoms with Gasteiger partial charge in [0.25, 0.3) is 5.56 Å². The summed E-state index contributed by atoms with van der Waals surface area (Å²) in [6, 6.07) is 5.33. The maximum absolute atomic E-state index is 13.8. The number of amides is 1. The zero-order chi connectivity index (χ0) is 19.5. The fraction of sp³-hybridized carbons (Fsp3) is 0.294. The highest BCUT2D eigenvalue weighted by molar-refractivity contribution is 7.98. The molecule has 0 aliphatic rings.